The van der Waals surface area contributed by atoms with Crippen LogP contribution in [0.5, 0.6) is 0 Å². The number of carboxylic acids is 1. The number of benzene rings is 4. The Morgan fingerprint density at radius 1 is 0.815 bits per heavy atom. The maximum atomic E-state index is 13.5. The minimum absolute atomic E-state index is 0.00144. The highest BCUT2D eigenvalue weighted by Gasteiger charge is 2.48. The molecule has 2 bridgehead atoms. The first-order chi connectivity index (χ1) is 25.9. The summed E-state index contributed by atoms with van der Waals surface area (Å²) in [6.07, 6.45) is -4.30. The monoisotopic (exact) mass is 742 g/mol. The number of quaternary nitrogens is 1. The molecule has 2 N–H and O–H groups in total. The fourth-order valence-electron chi connectivity index (χ4n) is 7.67. The summed E-state index contributed by atoms with van der Waals surface area (Å²) in [5, 5.41) is 22.6. The van der Waals surface area contributed by atoms with E-state index in [2.05, 4.69) is 46.6 Å². The topological polar surface area (TPSA) is 113 Å². The lowest BCUT2D eigenvalue weighted by molar-refractivity contribution is -0.953. The molecule has 4 aromatic rings. The number of aliphatic hydroxyl groups is 1. The molecule has 4 heterocycles. The summed E-state index contributed by atoms with van der Waals surface area (Å²) in [6, 6.07) is 36.2. The number of nitrogens with one attached hydrogen (secondary N) is 1. The Labute approximate surface area is 313 Å². The van der Waals surface area contributed by atoms with E-state index in [1.54, 1.807) is 0 Å². The molecule has 0 spiro atoms. The predicted octanol–water partition coefficient (Wildman–Crippen LogP) is 4.71. The van der Waals surface area contributed by atoms with Gasteiger partial charge in [-0.2, -0.15) is 13.2 Å². The lowest BCUT2D eigenvalue weighted by Crippen LogP contribution is -2.66. The molecule has 284 valence electrons. The van der Waals surface area contributed by atoms with Crippen LogP contribution in [0.4, 0.5) is 18.9 Å². The van der Waals surface area contributed by atoms with E-state index in [0.29, 0.717) is 25.8 Å². The molecule has 4 aromatic carbocycles. The van der Waals surface area contributed by atoms with Crippen molar-refractivity contribution in [3.63, 3.8) is 0 Å². The van der Waals surface area contributed by atoms with Gasteiger partial charge in [0.1, 0.15) is 12.5 Å². The molecule has 4 saturated heterocycles. The van der Waals surface area contributed by atoms with Gasteiger partial charge in [-0.15, -0.1) is 0 Å². The van der Waals surface area contributed by atoms with E-state index < -0.39 is 18.2 Å². The summed E-state index contributed by atoms with van der Waals surface area (Å²) in [5.74, 6) is -3.12. The first-order valence-corrected chi connectivity index (χ1v) is 18.3. The van der Waals surface area contributed by atoms with Crippen molar-refractivity contribution < 1.29 is 42.3 Å². The summed E-state index contributed by atoms with van der Waals surface area (Å²) < 4.78 is 32.8. The molecular formula is C42H45F3N4O5. The number of hydrogen-bond acceptors (Lipinski definition) is 6. The van der Waals surface area contributed by atoms with Crippen molar-refractivity contribution in [1.82, 2.24) is 10.2 Å². The molecule has 2 amide bonds. The molecule has 4 aliphatic heterocycles. The Kier molecular flexibility index (Phi) is 12.2. The van der Waals surface area contributed by atoms with E-state index in [1.807, 2.05) is 77.7 Å². The van der Waals surface area contributed by atoms with Gasteiger partial charge in [0.2, 0.25) is 11.8 Å². The van der Waals surface area contributed by atoms with E-state index in [4.69, 9.17) is 9.90 Å². The van der Waals surface area contributed by atoms with E-state index in [1.165, 1.54) is 49.3 Å². The van der Waals surface area contributed by atoms with Gasteiger partial charge in [-0.05, 0) is 47.2 Å². The maximum absolute atomic E-state index is 13.5. The molecule has 9 nitrogen and oxygen atoms in total. The number of β-lactam (4-membered cyclic amide) rings is 1. The number of rotatable bonds is 12. The van der Waals surface area contributed by atoms with Gasteiger partial charge in [0.05, 0.1) is 44.1 Å². The molecule has 0 aliphatic carbocycles. The first kappa shape index (κ1) is 38.7. The smallest absolute Gasteiger partial charge is 0.430 e. The first-order valence-electron chi connectivity index (χ1n) is 18.3. The van der Waals surface area contributed by atoms with Crippen LogP contribution in [0.3, 0.4) is 0 Å². The zero-order valence-electron chi connectivity index (χ0n) is 30.0. The van der Waals surface area contributed by atoms with Crippen molar-refractivity contribution >= 4 is 23.5 Å². The maximum Gasteiger partial charge on any atom is 0.430 e. The van der Waals surface area contributed by atoms with Gasteiger partial charge >= 0.3 is 6.18 Å². The highest BCUT2D eigenvalue weighted by molar-refractivity contribution is 6.03. The number of fused-ring (bicyclic) bond motifs is 3. The van der Waals surface area contributed by atoms with Crippen LogP contribution in [-0.4, -0.2) is 77.7 Å². The Bertz CT molecular complexity index is 1850. The summed E-state index contributed by atoms with van der Waals surface area (Å²) in [7, 11) is 0. The fourth-order valence-corrected chi connectivity index (χ4v) is 7.67. The van der Waals surface area contributed by atoms with Crippen molar-refractivity contribution in [2.75, 3.05) is 44.2 Å². The van der Waals surface area contributed by atoms with Crippen LogP contribution in [0, 0.1) is 5.92 Å². The molecule has 4 aliphatic rings. The fraction of sp³-hybridized carbons (Fsp3) is 0.357. The average Bonchev–Trinajstić information content (AvgIpc) is 3.18. The highest BCUT2D eigenvalue weighted by atomic mass is 19.4. The number of piperazine rings is 3. The van der Waals surface area contributed by atoms with Gasteiger partial charge in [0.15, 0.2) is 0 Å². The van der Waals surface area contributed by atoms with Crippen LogP contribution in [-0.2, 0) is 33.9 Å². The third kappa shape index (κ3) is 9.54. The van der Waals surface area contributed by atoms with Gasteiger partial charge in [-0.25, -0.2) is 0 Å². The number of aliphatic carboxylic acids is 1. The van der Waals surface area contributed by atoms with Crippen molar-refractivity contribution in [3.05, 3.63) is 137 Å². The van der Waals surface area contributed by atoms with Gasteiger partial charge in [-0.3, -0.25) is 14.5 Å². The molecule has 8 rings (SSSR count). The number of hydrogen-bond donors (Lipinski definition) is 2. The lowest BCUT2D eigenvalue weighted by Gasteiger charge is -2.50. The van der Waals surface area contributed by atoms with Crippen LogP contribution in [0.1, 0.15) is 52.8 Å². The number of halogens is 3. The van der Waals surface area contributed by atoms with E-state index in [0.717, 1.165) is 34.5 Å². The number of nitrogens with zero attached hydrogens (tertiary/aromatic N) is 3. The zero-order chi connectivity index (χ0) is 38.3. The van der Waals surface area contributed by atoms with Gasteiger partial charge in [0, 0.05) is 37.4 Å². The zero-order valence-corrected chi connectivity index (χ0v) is 30.0. The molecule has 0 radical (unpaired) electrons. The van der Waals surface area contributed by atoms with Gasteiger partial charge in [0.25, 0.3) is 0 Å². The third-order valence-electron chi connectivity index (χ3n) is 10.8. The SMILES string of the molecule is O=C(Cc1ccc(C[N+]23CCN(CC2)CC3)cc1)NCc1ccc(N2C(=O)C(CCC(O)c3ccccc3)C2c2ccccc2)cc1.O=C([O-])C(F)(F)F. The van der Waals surface area contributed by atoms with Gasteiger partial charge < -0.3 is 29.7 Å². The second-order valence-electron chi connectivity index (χ2n) is 14.4. The van der Waals surface area contributed by atoms with E-state index in [9.17, 15) is 27.9 Å². The molecule has 54 heavy (non-hydrogen) atoms. The lowest BCUT2D eigenvalue weighted by atomic mass is 9.78. The molecule has 0 aromatic heterocycles. The minimum Gasteiger partial charge on any atom is -0.542 e. The standard InChI is InChI=1S/C40H44N4O3.C2HF3O2/c45-37(33-7-3-1-4-8-33)20-19-36-39(34-9-5-2-6-10-34)43(40(36)47)35-17-15-31(16-18-35)28-41-38(46)27-30-11-13-32(14-12-30)29-44-24-21-42(22-25-44)23-26-44;3-2(4,5)1(6)7/h1-18,36-37,39,45H,19-29H2;(H,6,7). The number of carboxylic acid groups (broad SMARTS) is 1. The normalized spacial score (nSPS) is 22.4. The van der Waals surface area contributed by atoms with Crippen LogP contribution in [0.25, 0.3) is 0 Å². The summed E-state index contributed by atoms with van der Waals surface area (Å²) in [5.41, 5.74) is 6.18. The third-order valence-corrected chi connectivity index (χ3v) is 10.8. The minimum atomic E-state index is -5.19. The summed E-state index contributed by atoms with van der Waals surface area (Å²) in [6.45, 7) is 8.90. The Morgan fingerprint density at radius 3 is 1.93 bits per heavy atom. The number of aliphatic hydroxyl groups excluding tert-OH is 1. The highest BCUT2D eigenvalue weighted by Crippen LogP contribution is 2.46. The summed E-state index contributed by atoms with van der Waals surface area (Å²) >= 11 is 0. The molecular weight excluding hydrogens is 697 g/mol. The number of amides is 2. The summed E-state index contributed by atoms with van der Waals surface area (Å²) in [4.78, 5) is 39.5. The Morgan fingerprint density at radius 2 is 1.35 bits per heavy atom. The van der Waals surface area contributed by atoms with Crippen LogP contribution in [0.15, 0.2) is 109 Å². The molecule has 4 fully saturated rings. The number of anilines is 1. The quantitative estimate of drug-likeness (QED) is 0.161. The largest absolute Gasteiger partial charge is 0.542 e. The number of carbonyl (C=O) groups is 3. The van der Waals surface area contributed by atoms with Crippen LogP contribution >= 0.6 is 0 Å². The van der Waals surface area contributed by atoms with Crippen LogP contribution in [0.2, 0.25) is 0 Å². The van der Waals surface area contributed by atoms with Crippen LogP contribution < -0.4 is 15.3 Å². The van der Waals surface area contributed by atoms with Crippen molar-refractivity contribution in [1.29, 1.82) is 0 Å². The van der Waals surface area contributed by atoms with Gasteiger partial charge in [-0.1, -0.05) is 97.1 Å². The van der Waals surface area contributed by atoms with Crippen molar-refractivity contribution in [2.45, 2.75) is 50.7 Å². The molecule has 3 atom stereocenters. The number of carbonyl (C=O) groups excluding carboxylic acids is 3. The second kappa shape index (κ2) is 17.0. The Balaban J connectivity index is 0.000000649. The molecule has 0 saturated carbocycles. The van der Waals surface area contributed by atoms with E-state index in [-0.39, 0.29) is 23.8 Å². The van der Waals surface area contributed by atoms with Crippen molar-refractivity contribution in [2.24, 2.45) is 5.92 Å². The predicted molar refractivity (Wildman–Crippen MR) is 195 cm³/mol. The number of alkyl halides is 3. The average molecular weight is 743 g/mol. The van der Waals surface area contributed by atoms with E-state index >= 15 is 0 Å². The molecule has 3 unspecified atom stereocenters. The molecule has 12 heteroatoms. The second-order valence-corrected chi connectivity index (χ2v) is 14.4. The Hall–Kier alpha value is -5.04. The van der Waals surface area contributed by atoms with Crippen molar-refractivity contribution in [3.8, 4) is 0 Å².